The van der Waals surface area contributed by atoms with Gasteiger partial charge in [-0.2, -0.15) is 0 Å². The van der Waals surface area contributed by atoms with Crippen LogP contribution in [-0.4, -0.2) is 25.2 Å². The van der Waals surface area contributed by atoms with Crippen molar-refractivity contribution in [2.24, 2.45) is 5.92 Å². The van der Waals surface area contributed by atoms with Gasteiger partial charge in [0.25, 0.3) is 0 Å². The smallest absolute Gasteiger partial charge is 0.211 e. The Morgan fingerprint density at radius 2 is 2.24 bits per heavy atom. The van der Waals surface area contributed by atoms with Crippen LogP contribution in [-0.2, 0) is 11.2 Å². The molecule has 17 heavy (non-hydrogen) atoms. The first-order chi connectivity index (χ1) is 8.17. The van der Waals surface area contributed by atoms with Crippen LogP contribution in [0, 0.1) is 5.92 Å². The van der Waals surface area contributed by atoms with Gasteiger partial charge in [-0.1, -0.05) is 13.8 Å². The van der Waals surface area contributed by atoms with Gasteiger partial charge in [-0.15, -0.1) is 0 Å². The molecule has 2 unspecified atom stereocenters. The molecule has 98 valence electrons. The first kappa shape index (κ1) is 14.2. The first-order valence-corrected chi connectivity index (χ1v) is 6.34. The van der Waals surface area contributed by atoms with Crippen LogP contribution in [0.1, 0.15) is 44.9 Å². The number of rotatable bonds is 8. The number of ether oxygens (including phenoxy) is 1. The van der Waals surface area contributed by atoms with Crippen molar-refractivity contribution in [2.75, 3.05) is 20.3 Å². The molecular formula is C13H24N2O2. The molecular weight excluding hydrogens is 216 g/mol. The van der Waals surface area contributed by atoms with E-state index in [1.807, 2.05) is 6.20 Å². The number of oxazole rings is 1. The van der Waals surface area contributed by atoms with Crippen LogP contribution in [0.5, 0.6) is 0 Å². The van der Waals surface area contributed by atoms with Crippen LogP contribution in [0.3, 0.4) is 0 Å². The predicted molar refractivity (Wildman–Crippen MR) is 68.0 cm³/mol. The second kappa shape index (κ2) is 7.45. The van der Waals surface area contributed by atoms with E-state index in [0.717, 1.165) is 37.6 Å². The lowest BCUT2D eigenvalue weighted by atomic mass is 10.1. The van der Waals surface area contributed by atoms with Crippen LogP contribution < -0.4 is 5.32 Å². The Bertz CT molecular complexity index is 312. The van der Waals surface area contributed by atoms with E-state index in [-0.39, 0.29) is 6.04 Å². The lowest BCUT2D eigenvalue weighted by Crippen LogP contribution is -2.19. The molecule has 0 aliphatic carbocycles. The van der Waals surface area contributed by atoms with Crippen molar-refractivity contribution in [1.29, 1.82) is 0 Å². The zero-order chi connectivity index (χ0) is 12.7. The molecule has 0 aliphatic heterocycles. The molecule has 4 heteroatoms. The van der Waals surface area contributed by atoms with E-state index in [4.69, 9.17) is 9.15 Å². The summed E-state index contributed by atoms with van der Waals surface area (Å²) in [5.74, 6) is 2.17. The Hall–Kier alpha value is -0.870. The molecule has 2 atom stereocenters. The number of nitrogens with one attached hydrogen (secondary N) is 1. The van der Waals surface area contributed by atoms with Crippen molar-refractivity contribution in [3.63, 3.8) is 0 Å². The van der Waals surface area contributed by atoms with Gasteiger partial charge in [-0.3, -0.25) is 0 Å². The summed E-state index contributed by atoms with van der Waals surface area (Å²) in [5.41, 5.74) is 0. The molecule has 0 aliphatic rings. The number of methoxy groups -OCH3 is 1. The molecule has 1 heterocycles. The fraction of sp³-hybridized carbons (Fsp3) is 0.769. The van der Waals surface area contributed by atoms with Gasteiger partial charge in [-0.05, 0) is 25.8 Å². The van der Waals surface area contributed by atoms with Crippen molar-refractivity contribution >= 4 is 0 Å². The predicted octanol–water partition coefficient (Wildman–Crippen LogP) is 2.56. The van der Waals surface area contributed by atoms with E-state index in [1.54, 1.807) is 7.11 Å². The fourth-order valence-electron chi connectivity index (χ4n) is 1.75. The molecule has 1 rings (SSSR count). The molecule has 4 nitrogen and oxygen atoms in total. The maximum atomic E-state index is 5.73. The Kier molecular flexibility index (Phi) is 6.22. The maximum Gasteiger partial charge on any atom is 0.211 e. The van der Waals surface area contributed by atoms with Crippen molar-refractivity contribution in [3.05, 3.63) is 17.8 Å². The van der Waals surface area contributed by atoms with Crippen molar-refractivity contribution in [1.82, 2.24) is 10.3 Å². The standard InChI is InChI=1S/C13H24N2O2/c1-5-6-14-11(3)13-15-8-12(17-13)7-10(2)9-16-4/h8,10-11,14H,5-7,9H2,1-4H3. The fourth-order valence-corrected chi connectivity index (χ4v) is 1.75. The zero-order valence-electron chi connectivity index (χ0n) is 11.3. The summed E-state index contributed by atoms with van der Waals surface area (Å²) in [6.07, 6.45) is 3.82. The third-order valence-electron chi connectivity index (χ3n) is 2.64. The summed E-state index contributed by atoms with van der Waals surface area (Å²) in [6, 6.07) is 0.182. The highest BCUT2D eigenvalue weighted by Gasteiger charge is 2.13. The molecule has 0 amide bonds. The lowest BCUT2D eigenvalue weighted by Gasteiger charge is -2.09. The van der Waals surface area contributed by atoms with Crippen molar-refractivity contribution in [3.8, 4) is 0 Å². The lowest BCUT2D eigenvalue weighted by molar-refractivity contribution is 0.156. The van der Waals surface area contributed by atoms with Crippen LogP contribution >= 0.6 is 0 Å². The van der Waals surface area contributed by atoms with Gasteiger partial charge in [0.15, 0.2) is 0 Å². The van der Waals surface area contributed by atoms with E-state index < -0.39 is 0 Å². The Balaban J connectivity index is 2.46. The molecule has 0 radical (unpaired) electrons. The number of nitrogens with zero attached hydrogens (tertiary/aromatic N) is 1. The van der Waals surface area contributed by atoms with Crippen LogP contribution in [0.4, 0.5) is 0 Å². The van der Waals surface area contributed by atoms with Crippen molar-refractivity contribution < 1.29 is 9.15 Å². The summed E-state index contributed by atoms with van der Waals surface area (Å²) in [7, 11) is 1.72. The Morgan fingerprint density at radius 1 is 1.47 bits per heavy atom. The number of hydrogen-bond donors (Lipinski definition) is 1. The van der Waals surface area contributed by atoms with E-state index in [1.165, 1.54) is 0 Å². The van der Waals surface area contributed by atoms with Crippen LogP contribution in [0.25, 0.3) is 0 Å². The summed E-state index contributed by atoms with van der Waals surface area (Å²) >= 11 is 0. The monoisotopic (exact) mass is 240 g/mol. The molecule has 0 saturated heterocycles. The molecule has 0 spiro atoms. The highest BCUT2D eigenvalue weighted by molar-refractivity contribution is 4.98. The minimum absolute atomic E-state index is 0.182. The Morgan fingerprint density at radius 3 is 2.88 bits per heavy atom. The van der Waals surface area contributed by atoms with Gasteiger partial charge in [0, 0.05) is 20.1 Å². The minimum atomic E-state index is 0.182. The summed E-state index contributed by atoms with van der Waals surface area (Å²) in [4.78, 5) is 4.31. The molecule has 0 fully saturated rings. The molecule has 0 aromatic carbocycles. The average Bonchev–Trinajstić information content (AvgIpc) is 2.74. The molecule has 1 N–H and O–H groups in total. The van der Waals surface area contributed by atoms with Crippen LogP contribution in [0.2, 0.25) is 0 Å². The quantitative estimate of drug-likeness (QED) is 0.758. The van der Waals surface area contributed by atoms with Gasteiger partial charge in [0.05, 0.1) is 12.2 Å². The van der Waals surface area contributed by atoms with Gasteiger partial charge in [-0.25, -0.2) is 4.98 Å². The highest BCUT2D eigenvalue weighted by atomic mass is 16.5. The maximum absolute atomic E-state index is 5.73. The molecule has 1 aromatic heterocycles. The molecule has 0 saturated carbocycles. The van der Waals surface area contributed by atoms with E-state index >= 15 is 0 Å². The van der Waals surface area contributed by atoms with Crippen LogP contribution in [0.15, 0.2) is 10.6 Å². The number of hydrogen-bond acceptors (Lipinski definition) is 4. The SMILES string of the molecule is CCCNC(C)c1ncc(CC(C)COC)o1. The van der Waals surface area contributed by atoms with Gasteiger partial charge < -0.3 is 14.5 Å². The molecule has 1 aromatic rings. The molecule has 0 bridgehead atoms. The first-order valence-electron chi connectivity index (χ1n) is 6.34. The van der Waals surface area contributed by atoms with Gasteiger partial charge in [0.2, 0.25) is 5.89 Å². The topological polar surface area (TPSA) is 47.3 Å². The second-order valence-electron chi connectivity index (χ2n) is 4.61. The minimum Gasteiger partial charge on any atom is -0.444 e. The van der Waals surface area contributed by atoms with E-state index in [9.17, 15) is 0 Å². The second-order valence-corrected chi connectivity index (χ2v) is 4.61. The average molecular weight is 240 g/mol. The van der Waals surface area contributed by atoms with E-state index in [0.29, 0.717) is 5.92 Å². The normalized spacial score (nSPS) is 14.8. The van der Waals surface area contributed by atoms with Crippen molar-refractivity contribution in [2.45, 2.75) is 39.7 Å². The van der Waals surface area contributed by atoms with Gasteiger partial charge >= 0.3 is 0 Å². The summed E-state index contributed by atoms with van der Waals surface area (Å²) in [5, 5.41) is 3.36. The van der Waals surface area contributed by atoms with E-state index in [2.05, 4.69) is 31.1 Å². The largest absolute Gasteiger partial charge is 0.444 e. The summed E-state index contributed by atoms with van der Waals surface area (Å²) < 4.78 is 10.8. The zero-order valence-corrected chi connectivity index (χ0v) is 11.3. The third kappa shape index (κ3) is 4.88. The Labute approximate surface area is 104 Å². The summed E-state index contributed by atoms with van der Waals surface area (Å²) in [6.45, 7) is 8.10. The third-order valence-corrected chi connectivity index (χ3v) is 2.64. The van der Waals surface area contributed by atoms with Gasteiger partial charge in [0.1, 0.15) is 5.76 Å². The number of aromatic nitrogens is 1. The highest BCUT2D eigenvalue weighted by Crippen LogP contribution is 2.15.